The Morgan fingerprint density at radius 2 is 1.42 bits per heavy atom. The fourth-order valence-electron chi connectivity index (χ4n) is 7.02. The van der Waals surface area contributed by atoms with Crippen molar-refractivity contribution in [2.75, 3.05) is 18.0 Å². The van der Waals surface area contributed by atoms with Crippen molar-refractivity contribution >= 4 is 39.1 Å². The number of nitrogens with zero attached hydrogens (tertiary/aromatic N) is 2. The summed E-state index contributed by atoms with van der Waals surface area (Å²) in [6, 6.07) is 11.3. The van der Waals surface area contributed by atoms with E-state index in [0.717, 1.165) is 49.2 Å². The molecule has 0 bridgehead atoms. The molecular weight excluding hydrogens is 653 g/mol. The second-order valence-corrected chi connectivity index (χ2v) is 15.6. The van der Waals surface area contributed by atoms with Crippen LogP contribution < -0.4 is 4.90 Å². The van der Waals surface area contributed by atoms with Gasteiger partial charge in [0.1, 0.15) is 6.54 Å². The lowest BCUT2D eigenvalue weighted by molar-refractivity contribution is -0.438. The van der Waals surface area contributed by atoms with Crippen molar-refractivity contribution in [2.24, 2.45) is 0 Å². The first-order valence-electron chi connectivity index (χ1n) is 17.4. The number of benzene rings is 2. The van der Waals surface area contributed by atoms with Crippen LogP contribution >= 0.6 is 0 Å². The Morgan fingerprint density at radius 3 is 2.08 bits per heavy atom. The quantitative estimate of drug-likeness (QED) is 0.0649. The maximum Gasteiger partial charge on any atom is 0.303 e. The third-order valence-electron chi connectivity index (χ3n) is 9.71. The standard InChI is InChI=1S/C40H50N2O7S/c1-29-21-23-33-31(27-29)39(2,3)35(41(33)25-15-9-13-19-37(43)44)17-11-7-6-8-12-18-36-40(4,5)32-28-30(50(47,48)49)22-24-34(32)42(36)26-16-10-14-20-38(45)46/h6-8,11-12,17-18,21-24,27-28H,9-10,13-16,19-20,25-26H2,1-5H3,(H2-,43,44,45,46,47,48,49)/p+1. The lowest BCUT2D eigenvalue weighted by Gasteiger charge is -2.27. The Kier molecular flexibility index (Phi) is 12.5. The molecule has 2 aromatic carbocycles. The Labute approximate surface area is 296 Å². The number of hydrogen-bond acceptors (Lipinski definition) is 5. The summed E-state index contributed by atoms with van der Waals surface area (Å²) in [6.45, 7) is 12.1. The minimum Gasteiger partial charge on any atom is -0.481 e. The molecule has 2 aliphatic heterocycles. The summed E-state index contributed by atoms with van der Waals surface area (Å²) in [5.41, 5.74) is 6.81. The monoisotopic (exact) mass is 703 g/mol. The van der Waals surface area contributed by atoms with Crippen molar-refractivity contribution in [2.45, 2.75) is 102 Å². The topological polar surface area (TPSA) is 135 Å². The van der Waals surface area contributed by atoms with Gasteiger partial charge < -0.3 is 15.1 Å². The van der Waals surface area contributed by atoms with E-state index >= 15 is 0 Å². The number of aryl methyl sites for hydroxylation is 1. The first-order chi connectivity index (χ1) is 23.5. The van der Waals surface area contributed by atoms with Gasteiger partial charge in [0.25, 0.3) is 10.1 Å². The fraction of sp³-hybridized carbons (Fsp3) is 0.425. The van der Waals surface area contributed by atoms with E-state index in [9.17, 15) is 22.6 Å². The zero-order valence-electron chi connectivity index (χ0n) is 29.9. The van der Waals surface area contributed by atoms with Crippen molar-refractivity contribution in [1.82, 2.24) is 0 Å². The maximum absolute atomic E-state index is 11.9. The molecule has 0 spiro atoms. The molecule has 2 aliphatic rings. The van der Waals surface area contributed by atoms with Crippen LogP contribution in [0.5, 0.6) is 0 Å². The Bertz CT molecular complexity index is 1860. The molecule has 0 atom stereocenters. The summed E-state index contributed by atoms with van der Waals surface area (Å²) < 4.78 is 35.9. The van der Waals surface area contributed by atoms with E-state index in [0.29, 0.717) is 19.4 Å². The normalized spacial score (nSPS) is 17.5. The van der Waals surface area contributed by atoms with E-state index in [1.54, 1.807) is 12.1 Å². The number of carboxylic acids is 2. The van der Waals surface area contributed by atoms with Gasteiger partial charge in [-0.2, -0.15) is 13.0 Å². The van der Waals surface area contributed by atoms with Gasteiger partial charge in [-0.15, -0.1) is 0 Å². The lowest BCUT2D eigenvalue weighted by atomic mass is 9.81. The molecule has 2 aromatic rings. The predicted molar refractivity (Wildman–Crippen MR) is 198 cm³/mol. The molecule has 0 aliphatic carbocycles. The third-order valence-corrected chi connectivity index (χ3v) is 10.6. The molecule has 2 heterocycles. The number of anilines is 1. The Morgan fingerprint density at radius 1 is 0.780 bits per heavy atom. The van der Waals surface area contributed by atoms with E-state index in [4.69, 9.17) is 10.2 Å². The second-order valence-electron chi connectivity index (χ2n) is 14.2. The molecule has 0 saturated heterocycles. The van der Waals surface area contributed by atoms with Crippen LogP contribution in [-0.4, -0.2) is 58.5 Å². The van der Waals surface area contributed by atoms with Gasteiger partial charge in [-0.05, 0) is 82.4 Å². The zero-order valence-corrected chi connectivity index (χ0v) is 30.7. The van der Waals surface area contributed by atoms with Gasteiger partial charge in [0, 0.05) is 60.3 Å². The molecule has 0 fully saturated rings. The predicted octanol–water partition coefficient (Wildman–Crippen LogP) is 8.26. The average Bonchev–Trinajstić information content (AvgIpc) is 3.37. The van der Waals surface area contributed by atoms with Gasteiger partial charge in [0.05, 0.1) is 10.3 Å². The van der Waals surface area contributed by atoms with Gasteiger partial charge in [-0.3, -0.25) is 14.1 Å². The van der Waals surface area contributed by atoms with Crippen LogP contribution in [0.15, 0.2) is 89.5 Å². The van der Waals surface area contributed by atoms with E-state index in [1.165, 1.54) is 28.6 Å². The van der Waals surface area contributed by atoms with Crippen molar-refractivity contribution in [3.8, 4) is 0 Å². The number of carboxylic acid groups (broad SMARTS) is 2. The summed E-state index contributed by atoms with van der Waals surface area (Å²) in [6.07, 6.45) is 19.0. The molecule has 3 N–H and O–H groups in total. The molecule has 268 valence electrons. The van der Waals surface area contributed by atoms with Crippen LogP contribution in [0.1, 0.15) is 95.8 Å². The fourth-order valence-corrected chi connectivity index (χ4v) is 7.52. The molecule has 0 radical (unpaired) electrons. The smallest absolute Gasteiger partial charge is 0.303 e. The summed E-state index contributed by atoms with van der Waals surface area (Å²) >= 11 is 0. The van der Waals surface area contributed by atoms with Gasteiger partial charge >= 0.3 is 11.9 Å². The molecule has 0 unspecified atom stereocenters. The third kappa shape index (κ3) is 9.08. The van der Waals surface area contributed by atoms with Crippen LogP contribution in [0.2, 0.25) is 0 Å². The molecule has 50 heavy (non-hydrogen) atoms. The number of carbonyl (C=O) groups is 2. The largest absolute Gasteiger partial charge is 0.481 e. The van der Waals surface area contributed by atoms with Gasteiger partial charge in [-0.1, -0.05) is 62.3 Å². The first-order valence-corrected chi connectivity index (χ1v) is 18.8. The number of aliphatic carboxylic acids is 2. The van der Waals surface area contributed by atoms with E-state index < -0.39 is 27.5 Å². The van der Waals surface area contributed by atoms with Gasteiger partial charge in [0.2, 0.25) is 5.69 Å². The highest BCUT2D eigenvalue weighted by molar-refractivity contribution is 7.85. The molecule has 0 amide bonds. The molecule has 4 rings (SSSR count). The van der Waals surface area contributed by atoms with Crippen molar-refractivity contribution in [1.29, 1.82) is 0 Å². The summed E-state index contributed by atoms with van der Waals surface area (Å²) in [4.78, 5) is 23.9. The molecular formula is C40H51N2O7S+. The van der Waals surface area contributed by atoms with Crippen LogP contribution in [0.25, 0.3) is 0 Å². The summed E-state index contributed by atoms with van der Waals surface area (Å²) in [5, 5.41) is 18.0. The van der Waals surface area contributed by atoms with Crippen LogP contribution in [-0.2, 0) is 30.5 Å². The first kappa shape index (κ1) is 38.5. The average molecular weight is 704 g/mol. The molecule has 0 saturated carbocycles. The van der Waals surface area contributed by atoms with Crippen molar-refractivity contribution in [3.05, 3.63) is 101 Å². The Hall–Kier alpha value is -4.28. The number of fused-ring (bicyclic) bond motifs is 2. The van der Waals surface area contributed by atoms with Crippen LogP contribution in [0.4, 0.5) is 11.4 Å². The lowest BCUT2D eigenvalue weighted by Crippen LogP contribution is -2.28. The number of unbranched alkanes of at least 4 members (excludes halogenated alkanes) is 4. The zero-order chi connectivity index (χ0) is 36.7. The summed E-state index contributed by atoms with van der Waals surface area (Å²) in [5.74, 6) is -1.56. The summed E-state index contributed by atoms with van der Waals surface area (Å²) in [7, 11) is -4.36. The van der Waals surface area contributed by atoms with Crippen molar-refractivity contribution < 1.29 is 37.3 Å². The second kappa shape index (κ2) is 16.2. The van der Waals surface area contributed by atoms with Gasteiger partial charge in [0.15, 0.2) is 5.71 Å². The van der Waals surface area contributed by atoms with Crippen molar-refractivity contribution in [3.63, 3.8) is 0 Å². The maximum atomic E-state index is 11.9. The number of allylic oxidation sites excluding steroid dienone is 8. The minimum atomic E-state index is -4.36. The molecule has 9 nitrogen and oxygen atoms in total. The number of rotatable bonds is 17. The minimum absolute atomic E-state index is 0.127. The van der Waals surface area contributed by atoms with E-state index in [2.05, 4.69) is 54.5 Å². The van der Waals surface area contributed by atoms with E-state index in [1.807, 2.05) is 50.3 Å². The Balaban J connectivity index is 1.54. The molecule has 0 aromatic heterocycles. The highest BCUT2D eigenvalue weighted by Gasteiger charge is 2.44. The van der Waals surface area contributed by atoms with E-state index in [-0.39, 0.29) is 23.2 Å². The molecule has 10 heteroatoms. The number of hydrogen-bond donors (Lipinski definition) is 3. The highest BCUT2D eigenvalue weighted by atomic mass is 32.2. The van der Waals surface area contributed by atoms with Crippen LogP contribution in [0.3, 0.4) is 0 Å². The highest BCUT2D eigenvalue weighted by Crippen LogP contribution is 2.48. The van der Waals surface area contributed by atoms with Crippen LogP contribution in [0, 0.1) is 6.92 Å². The van der Waals surface area contributed by atoms with Gasteiger partial charge in [-0.25, -0.2) is 0 Å². The SMILES string of the molecule is Cc1ccc2c(c1)C(C)(C)C(/C=C/C=C/C=C/C=C1/N(CCCCCC(=O)O)c3ccc(S(=O)(=O)O)cc3C1(C)C)=[N+]2CCCCCC(=O)O.